The van der Waals surface area contributed by atoms with Gasteiger partial charge in [0.25, 0.3) is 0 Å². The van der Waals surface area contributed by atoms with Gasteiger partial charge < -0.3 is 10.6 Å². The van der Waals surface area contributed by atoms with Gasteiger partial charge >= 0.3 is 0 Å². The second-order valence-electron chi connectivity index (χ2n) is 4.21. The number of rotatable bonds is 5. The van der Waals surface area contributed by atoms with Crippen molar-refractivity contribution in [2.45, 2.75) is 26.8 Å². The normalized spacial score (nSPS) is 13.4. The number of nitrogens with zero attached hydrogens (tertiary/aromatic N) is 1. The highest BCUT2D eigenvalue weighted by Gasteiger charge is 2.34. The Morgan fingerprint density at radius 3 is 2.40 bits per heavy atom. The molecule has 1 amide bonds. The maximum Gasteiger partial charge on any atom is 0.235 e. The first kappa shape index (κ1) is 14.7. The summed E-state index contributed by atoms with van der Waals surface area (Å²) < 4.78 is 0. The van der Waals surface area contributed by atoms with Crippen molar-refractivity contribution in [3.05, 3.63) is 0 Å². The van der Waals surface area contributed by atoms with Crippen molar-refractivity contribution in [2.75, 3.05) is 19.1 Å². The highest BCUT2D eigenvalue weighted by Crippen LogP contribution is 2.20. The lowest BCUT2D eigenvalue weighted by Gasteiger charge is -2.32. The number of thioether (sulfide) groups is 1. The summed E-state index contributed by atoms with van der Waals surface area (Å²) in [5, 5.41) is 0. The predicted octanol–water partition coefficient (Wildman–Crippen LogP) is 1.51. The predicted molar refractivity (Wildman–Crippen MR) is 71.2 cm³/mol. The molecule has 0 aromatic heterocycles. The Hall–Kier alpha value is -0.290. The van der Waals surface area contributed by atoms with Crippen molar-refractivity contribution in [3.63, 3.8) is 0 Å². The molecule has 0 spiro atoms. The van der Waals surface area contributed by atoms with Gasteiger partial charge in [-0.25, -0.2) is 0 Å². The largest absolute Gasteiger partial charge is 0.392 e. The number of carbonyl (C=O) groups is 1. The van der Waals surface area contributed by atoms with E-state index in [1.807, 2.05) is 13.2 Å². The minimum Gasteiger partial charge on any atom is -0.392 e. The Balaban J connectivity index is 4.64. The molecule has 1 unspecified atom stereocenters. The molecule has 3 nitrogen and oxygen atoms in total. The summed E-state index contributed by atoms with van der Waals surface area (Å²) in [6.07, 6.45) is 2.02. The van der Waals surface area contributed by atoms with E-state index in [9.17, 15) is 4.79 Å². The van der Waals surface area contributed by atoms with Gasteiger partial charge in [-0.3, -0.25) is 4.79 Å². The van der Waals surface area contributed by atoms with E-state index in [1.54, 1.807) is 37.6 Å². The van der Waals surface area contributed by atoms with Crippen molar-refractivity contribution in [1.82, 2.24) is 4.90 Å². The van der Waals surface area contributed by atoms with E-state index in [4.69, 9.17) is 18.0 Å². The van der Waals surface area contributed by atoms with E-state index in [0.717, 1.165) is 5.75 Å². The van der Waals surface area contributed by atoms with E-state index in [-0.39, 0.29) is 16.9 Å². The van der Waals surface area contributed by atoms with Gasteiger partial charge in [-0.1, -0.05) is 12.2 Å². The fraction of sp³-hybridized carbons (Fsp3) is 0.800. The fourth-order valence-corrected chi connectivity index (χ4v) is 1.89. The Morgan fingerprint density at radius 1 is 1.60 bits per heavy atom. The van der Waals surface area contributed by atoms with Crippen LogP contribution in [-0.2, 0) is 4.79 Å². The second kappa shape index (κ2) is 5.70. The molecule has 0 heterocycles. The van der Waals surface area contributed by atoms with Gasteiger partial charge in [-0.15, -0.1) is 0 Å². The molecule has 15 heavy (non-hydrogen) atoms. The molecule has 1 atom stereocenters. The van der Waals surface area contributed by atoms with E-state index >= 15 is 0 Å². The zero-order valence-corrected chi connectivity index (χ0v) is 11.7. The molecule has 0 fully saturated rings. The van der Waals surface area contributed by atoms with Crippen LogP contribution in [-0.4, -0.2) is 40.9 Å². The van der Waals surface area contributed by atoms with Gasteiger partial charge in [-0.2, -0.15) is 11.8 Å². The average Bonchev–Trinajstić information content (AvgIpc) is 2.15. The summed E-state index contributed by atoms with van der Waals surface area (Å²) in [6, 6.07) is 0.195. The molecule has 0 aliphatic carbocycles. The molecule has 0 rings (SSSR count). The summed E-state index contributed by atoms with van der Waals surface area (Å²) in [6.45, 7) is 5.55. The minimum absolute atomic E-state index is 0.0171. The third-order valence-electron chi connectivity index (χ3n) is 2.54. The number of carbonyl (C=O) groups excluding carboxylic acids is 1. The molecular weight excluding hydrogens is 228 g/mol. The Kier molecular flexibility index (Phi) is 5.59. The van der Waals surface area contributed by atoms with Crippen molar-refractivity contribution in [3.8, 4) is 0 Å². The third-order valence-corrected chi connectivity index (χ3v) is 3.87. The van der Waals surface area contributed by atoms with Crippen LogP contribution in [0.1, 0.15) is 20.8 Å². The fourth-order valence-electron chi connectivity index (χ4n) is 1.10. The smallest absolute Gasteiger partial charge is 0.235 e. The first-order valence-electron chi connectivity index (χ1n) is 4.81. The van der Waals surface area contributed by atoms with Crippen molar-refractivity contribution in [1.29, 1.82) is 0 Å². The highest BCUT2D eigenvalue weighted by molar-refractivity contribution is 7.98. The lowest BCUT2D eigenvalue weighted by atomic mass is 9.91. The van der Waals surface area contributed by atoms with Gasteiger partial charge in [0, 0.05) is 18.8 Å². The lowest BCUT2D eigenvalue weighted by molar-refractivity contribution is -0.137. The molecule has 0 saturated heterocycles. The number of thiocarbonyl (C=S) groups is 1. The summed E-state index contributed by atoms with van der Waals surface area (Å²) in [7, 11) is 1.79. The monoisotopic (exact) mass is 248 g/mol. The minimum atomic E-state index is -0.753. The van der Waals surface area contributed by atoms with Crippen LogP contribution < -0.4 is 5.73 Å². The maximum absolute atomic E-state index is 12.1. The van der Waals surface area contributed by atoms with Crippen LogP contribution >= 0.6 is 24.0 Å². The zero-order valence-electron chi connectivity index (χ0n) is 10.0. The van der Waals surface area contributed by atoms with Crippen molar-refractivity contribution in [2.24, 2.45) is 11.1 Å². The second-order valence-corrected chi connectivity index (χ2v) is 5.56. The van der Waals surface area contributed by atoms with Gasteiger partial charge in [0.15, 0.2) is 0 Å². The molecule has 0 aromatic rings. The number of hydrogen-bond donors (Lipinski definition) is 1. The molecular formula is C10H20N2OS2. The van der Waals surface area contributed by atoms with E-state index in [0.29, 0.717) is 0 Å². The summed E-state index contributed by atoms with van der Waals surface area (Å²) >= 11 is 6.62. The lowest BCUT2D eigenvalue weighted by Crippen LogP contribution is -2.49. The van der Waals surface area contributed by atoms with Crippen LogP contribution in [0.5, 0.6) is 0 Å². The quantitative estimate of drug-likeness (QED) is 0.749. The molecule has 0 bridgehead atoms. The Labute approximate surface area is 102 Å². The van der Waals surface area contributed by atoms with Crippen molar-refractivity contribution < 1.29 is 4.79 Å². The molecule has 0 aliphatic rings. The summed E-state index contributed by atoms with van der Waals surface area (Å²) in [5.41, 5.74) is 4.81. The van der Waals surface area contributed by atoms with E-state index in [1.165, 1.54) is 0 Å². The van der Waals surface area contributed by atoms with E-state index in [2.05, 4.69) is 0 Å². The molecule has 0 saturated carbocycles. The molecule has 0 radical (unpaired) electrons. The first-order chi connectivity index (χ1) is 6.75. The van der Waals surface area contributed by atoms with Gasteiger partial charge in [-0.05, 0) is 27.0 Å². The van der Waals surface area contributed by atoms with Gasteiger partial charge in [0.1, 0.15) is 0 Å². The Morgan fingerprint density at radius 2 is 2.07 bits per heavy atom. The molecule has 88 valence electrons. The van der Waals surface area contributed by atoms with Gasteiger partial charge in [0.05, 0.1) is 10.4 Å². The molecule has 5 heteroatoms. The maximum atomic E-state index is 12.1. The van der Waals surface area contributed by atoms with Crippen LogP contribution in [0.3, 0.4) is 0 Å². The summed E-state index contributed by atoms with van der Waals surface area (Å²) in [4.78, 5) is 14.0. The SMILES string of the molecule is CSCC(C)N(C)C(=O)C(C)(C)C(N)=S. The Bertz CT molecular complexity index is 254. The van der Waals surface area contributed by atoms with Gasteiger partial charge in [0.2, 0.25) is 5.91 Å². The average molecular weight is 248 g/mol. The number of nitrogens with two attached hydrogens (primary N) is 1. The number of amides is 1. The third kappa shape index (κ3) is 3.65. The highest BCUT2D eigenvalue weighted by atomic mass is 32.2. The molecule has 0 aromatic carbocycles. The van der Waals surface area contributed by atoms with Crippen LogP contribution in [0.2, 0.25) is 0 Å². The zero-order chi connectivity index (χ0) is 12.2. The van der Waals surface area contributed by atoms with Crippen LogP contribution in [0.25, 0.3) is 0 Å². The van der Waals surface area contributed by atoms with Crippen LogP contribution in [0.4, 0.5) is 0 Å². The number of hydrogen-bond acceptors (Lipinski definition) is 3. The first-order valence-corrected chi connectivity index (χ1v) is 6.61. The molecule has 2 N–H and O–H groups in total. The summed E-state index contributed by atoms with van der Waals surface area (Å²) in [5.74, 6) is 0.895. The van der Waals surface area contributed by atoms with Crippen LogP contribution in [0, 0.1) is 5.41 Å². The standard InChI is InChI=1S/C10H20N2OS2/c1-7(6-15-5)12(4)9(13)10(2,3)8(11)14/h7H,6H2,1-5H3,(H2,11,14). The molecule has 0 aliphatic heterocycles. The van der Waals surface area contributed by atoms with Crippen molar-refractivity contribution >= 4 is 34.9 Å². The van der Waals surface area contributed by atoms with Crippen LogP contribution in [0.15, 0.2) is 0 Å². The topological polar surface area (TPSA) is 46.3 Å². The van der Waals surface area contributed by atoms with E-state index < -0.39 is 5.41 Å².